The van der Waals surface area contributed by atoms with Gasteiger partial charge in [0.1, 0.15) is 4.21 Å². The third-order valence-corrected chi connectivity index (χ3v) is 6.96. The number of aryl methyl sites for hydroxylation is 1. The summed E-state index contributed by atoms with van der Waals surface area (Å²) in [6.07, 6.45) is 3.06. The highest BCUT2D eigenvalue weighted by Crippen LogP contribution is 2.32. The molecule has 17 heavy (non-hydrogen) atoms. The SMILES string of the molecule is Cc1ccc(S(=O)(=O)N2C(C)CCCC2C)s1. The van der Waals surface area contributed by atoms with E-state index in [0.29, 0.717) is 4.21 Å². The van der Waals surface area contributed by atoms with Gasteiger partial charge in [-0.2, -0.15) is 4.31 Å². The Hall–Kier alpha value is -0.390. The third kappa shape index (κ3) is 2.41. The molecular formula is C12H19NO2S2. The van der Waals surface area contributed by atoms with Crippen molar-refractivity contribution in [3.8, 4) is 0 Å². The fraction of sp³-hybridized carbons (Fsp3) is 0.667. The Kier molecular flexibility index (Phi) is 3.61. The molecule has 96 valence electrons. The highest BCUT2D eigenvalue weighted by atomic mass is 32.2. The highest BCUT2D eigenvalue weighted by Gasteiger charge is 2.36. The maximum atomic E-state index is 12.6. The molecule has 0 amide bonds. The molecule has 0 radical (unpaired) electrons. The molecule has 0 N–H and O–H groups in total. The average Bonchev–Trinajstić information content (AvgIpc) is 2.64. The summed E-state index contributed by atoms with van der Waals surface area (Å²) in [5.74, 6) is 0. The number of rotatable bonds is 2. The van der Waals surface area contributed by atoms with Gasteiger partial charge in [-0.25, -0.2) is 8.42 Å². The van der Waals surface area contributed by atoms with Gasteiger partial charge in [0.2, 0.25) is 0 Å². The monoisotopic (exact) mass is 273 g/mol. The summed E-state index contributed by atoms with van der Waals surface area (Å²) in [4.78, 5) is 1.04. The zero-order valence-electron chi connectivity index (χ0n) is 10.5. The summed E-state index contributed by atoms with van der Waals surface area (Å²) >= 11 is 1.36. The van der Waals surface area contributed by atoms with Crippen LogP contribution in [0.15, 0.2) is 16.3 Å². The van der Waals surface area contributed by atoms with E-state index in [9.17, 15) is 8.42 Å². The van der Waals surface area contributed by atoms with Gasteiger partial charge in [-0.3, -0.25) is 0 Å². The van der Waals surface area contributed by atoms with Gasteiger partial charge >= 0.3 is 0 Å². The van der Waals surface area contributed by atoms with Gasteiger partial charge in [-0.05, 0) is 45.7 Å². The molecule has 0 aromatic carbocycles. The van der Waals surface area contributed by atoms with E-state index in [4.69, 9.17) is 0 Å². The molecule has 2 unspecified atom stereocenters. The Morgan fingerprint density at radius 3 is 2.29 bits per heavy atom. The zero-order chi connectivity index (χ0) is 12.6. The van der Waals surface area contributed by atoms with Crippen LogP contribution in [0.2, 0.25) is 0 Å². The van der Waals surface area contributed by atoms with E-state index in [-0.39, 0.29) is 12.1 Å². The second-order valence-corrected chi connectivity index (χ2v) is 8.19. The van der Waals surface area contributed by atoms with Crippen molar-refractivity contribution in [2.24, 2.45) is 0 Å². The van der Waals surface area contributed by atoms with E-state index in [1.165, 1.54) is 11.3 Å². The average molecular weight is 273 g/mol. The predicted molar refractivity (Wildman–Crippen MR) is 70.9 cm³/mol. The molecule has 0 spiro atoms. The molecule has 0 bridgehead atoms. The lowest BCUT2D eigenvalue weighted by molar-refractivity contribution is 0.204. The Morgan fingerprint density at radius 2 is 1.82 bits per heavy atom. The lowest BCUT2D eigenvalue weighted by atomic mass is 10.0. The van der Waals surface area contributed by atoms with Crippen LogP contribution in [0.5, 0.6) is 0 Å². The van der Waals surface area contributed by atoms with Crippen LogP contribution in [0, 0.1) is 6.92 Å². The predicted octanol–water partition coefficient (Wildman–Crippen LogP) is 3.01. The van der Waals surface area contributed by atoms with E-state index in [1.54, 1.807) is 10.4 Å². The summed E-state index contributed by atoms with van der Waals surface area (Å²) in [6.45, 7) is 5.95. The minimum absolute atomic E-state index is 0.117. The minimum Gasteiger partial charge on any atom is -0.206 e. The Morgan fingerprint density at radius 1 is 1.24 bits per heavy atom. The van der Waals surface area contributed by atoms with Crippen LogP contribution >= 0.6 is 11.3 Å². The van der Waals surface area contributed by atoms with Crippen LogP contribution in [-0.2, 0) is 10.0 Å². The fourth-order valence-corrected chi connectivity index (χ4v) is 5.80. The number of hydrogen-bond donors (Lipinski definition) is 0. The zero-order valence-corrected chi connectivity index (χ0v) is 12.1. The van der Waals surface area contributed by atoms with E-state index in [2.05, 4.69) is 0 Å². The van der Waals surface area contributed by atoms with Crippen LogP contribution in [0.3, 0.4) is 0 Å². The van der Waals surface area contributed by atoms with Crippen molar-refractivity contribution in [2.75, 3.05) is 0 Å². The summed E-state index contributed by atoms with van der Waals surface area (Å²) < 4.78 is 27.3. The van der Waals surface area contributed by atoms with Crippen molar-refractivity contribution in [3.05, 3.63) is 17.0 Å². The van der Waals surface area contributed by atoms with Gasteiger partial charge in [0.05, 0.1) is 0 Å². The summed E-state index contributed by atoms with van der Waals surface area (Å²) in [7, 11) is -3.29. The first-order valence-electron chi connectivity index (χ1n) is 6.03. The molecule has 0 saturated carbocycles. The van der Waals surface area contributed by atoms with Crippen LogP contribution in [0.25, 0.3) is 0 Å². The fourth-order valence-electron chi connectivity index (χ4n) is 2.53. The van der Waals surface area contributed by atoms with E-state index < -0.39 is 10.0 Å². The van der Waals surface area contributed by atoms with Gasteiger partial charge in [0.25, 0.3) is 10.0 Å². The molecule has 1 aliphatic heterocycles. The molecule has 1 aromatic heterocycles. The van der Waals surface area contributed by atoms with E-state index in [0.717, 1.165) is 24.1 Å². The van der Waals surface area contributed by atoms with Crippen molar-refractivity contribution in [1.29, 1.82) is 0 Å². The van der Waals surface area contributed by atoms with Gasteiger partial charge in [0, 0.05) is 17.0 Å². The number of hydrogen-bond acceptors (Lipinski definition) is 3. The number of piperidine rings is 1. The quantitative estimate of drug-likeness (QED) is 0.830. The smallest absolute Gasteiger partial charge is 0.206 e. The number of nitrogens with zero attached hydrogens (tertiary/aromatic N) is 1. The second kappa shape index (κ2) is 4.71. The van der Waals surface area contributed by atoms with Crippen molar-refractivity contribution >= 4 is 21.4 Å². The normalized spacial score (nSPS) is 27.2. The topological polar surface area (TPSA) is 37.4 Å². The molecule has 2 heterocycles. The molecule has 5 heteroatoms. The van der Waals surface area contributed by atoms with Crippen molar-refractivity contribution in [3.63, 3.8) is 0 Å². The molecule has 2 atom stereocenters. The molecular weight excluding hydrogens is 254 g/mol. The molecule has 2 rings (SSSR count). The summed E-state index contributed by atoms with van der Waals surface area (Å²) in [6, 6.07) is 3.83. The Balaban J connectivity index is 2.37. The number of sulfonamides is 1. The standard InChI is InChI=1S/C12H19NO2S2/c1-9-5-4-6-10(2)13(9)17(14,15)12-8-7-11(3)16-12/h7-10H,4-6H2,1-3H3. The molecule has 3 nitrogen and oxygen atoms in total. The molecule has 1 aromatic rings. The van der Waals surface area contributed by atoms with Crippen LogP contribution in [-0.4, -0.2) is 24.8 Å². The summed E-state index contributed by atoms with van der Waals surface area (Å²) in [5, 5.41) is 0. The molecule has 1 fully saturated rings. The number of thiophene rings is 1. The van der Waals surface area contributed by atoms with Gasteiger partial charge < -0.3 is 0 Å². The summed E-state index contributed by atoms with van der Waals surface area (Å²) in [5.41, 5.74) is 0. The van der Waals surface area contributed by atoms with Crippen molar-refractivity contribution < 1.29 is 8.42 Å². The second-order valence-electron chi connectivity index (χ2n) is 4.83. The van der Waals surface area contributed by atoms with Crippen LogP contribution < -0.4 is 0 Å². The first-order valence-corrected chi connectivity index (χ1v) is 8.28. The molecule has 1 aliphatic rings. The van der Waals surface area contributed by atoms with Crippen LogP contribution in [0.4, 0.5) is 0 Å². The van der Waals surface area contributed by atoms with E-state index in [1.807, 2.05) is 26.8 Å². The van der Waals surface area contributed by atoms with Crippen molar-refractivity contribution in [2.45, 2.75) is 56.3 Å². The van der Waals surface area contributed by atoms with Gasteiger partial charge in [-0.1, -0.05) is 6.42 Å². The van der Waals surface area contributed by atoms with E-state index >= 15 is 0 Å². The lowest BCUT2D eigenvalue weighted by Crippen LogP contribution is -2.47. The minimum atomic E-state index is -3.29. The Bertz CT molecular complexity index is 482. The maximum absolute atomic E-state index is 12.6. The third-order valence-electron chi connectivity index (χ3n) is 3.36. The molecule has 0 aliphatic carbocycles. The van der Waals surface area contributed by atoms with Crippen molar-refractivity contribution in [1.82, 2.24) is 4.31 Å². The maximum Gasteiger partial charge on any atom is 0.253 e. The first kappa shape index (κ1) is 13.1. The Labute approximate surface area is 108 Å². The van der Waals surface area contributed by atoms with Gasteiger partial charge in [0.15, 0.2) is 0 Å². The largest absolute Gasteiger partial charge is 0.253 e. The lowest BCUT2D eigenvalue weighted by Gasteiger charge is -2.37. The van der Waals surface area contributed by atoms with Gasteiger partial charge in [-0.15, -0.1) is 11.3 Å². The van der Waals surface area contributed by atoms with Crippen LogP contribution in [0.1, 0.15) is 38.0 Å². The molecule has 1 saturated heterocycles. The first-order chi connectivity index (χ1) is 7.93. The highest BCUT2D eigenvalue weighted by molar-refractivity contribution is 7.91.